The summed E-state index contributed by atoms with van der Waals surface area (Å²) in [4.78, 5) is 22.5. The second-order valence-corrected chi connectivity index (χ2v) is 10.5. The van der Waals surface area contributed by atoms with Gasteiger partial charge in [-0.3, -0.25) is 9.69 Å². The van der Waals surface area contributed by atoms with Gasteiger partial charge in [-0.1, -0.05) is 17.7 Å². The van der Waals surface area contributed by atoms with Gasteiger partial charge in [0.05, 0.1) is 36.4 Å². The molecule has 0 aliphatic carbocycles. The fourth-order valence-corrected chi connectivity index (χ4v) is 5.41. The predicted octanol–water partition coefficient (Wildman–Crippen LogP) is 6.23. The summed E-state index contributed by atoms with van der Waals surface area (Å²) in [6.07, 6.45) is 4.11. The molecule has 2 heterocycles. The monoisotopic (exact) mass is 511 g/mol. The van der Waals surface area contributed by atoms with Gasteiger partial charge in [0.2, 0.25) is 0 Å². The smallest absolute Gasteiger partial charge is 0.266 e. The molecule has 1 fully saturated rings. The van der Waals surface area contributed by atoms with Crippen LogP contribution in [0.3, 0.4) is 0 Å². The SMILES string of the molecule is COCCN1C(=O)/C(=C\c2cc3c(cc2Cl)N(C)C(C)(C)C=C3C)SC1=Nc1ccc(OC)cc1. The number of allylic oxidation sites excluding steroid dienone is 1. The molecule has 0 unspecified atom stereocenters. The zero-order valence-electron chi connectivity index (χ0n) is 20.9. The topological polar surface area (TPSA) is 54.4 Å². The number of carbonyl (C=O) groups is 1. The molecule has 1 saturated heterocycles. The molecule has 0 N–H and O–H groups in total. The van der Waals surface area contributed by atoms with Gasteiger partial charge >= 0.3 is 0 Å². The van der Waals surface area contributed by atoms with Gasteiger partial charge in [-0.25, -0.2) is 4.99 Å². The molecule has 6 nitrogen and oxygen atoms in total. The normalized spacial score (nSPS) is 19.4. The maximum absolute atomic E-state index is 13.3. The number of aliphatic imine (C=N–C) groups is 1. The molecule has 8 heteroatoms. The number of fused-ring (bicyclic) bond motifs is 1. The largest absolute Gasteiger partial charge is 0.497 e. The van der Waals surface area contributed by atoms with Crippen molar-refractivity contribution < 1.29 is 14.3 Å². The number of benzene rings is 2. The fourth-order valence-electron chi connectivity index (χ4n) is 4.18. The van der Waals surface area contributed by atoms with Crippen molar-refractivity contribution in [3.8, 4) is 5.75 Å². The number of amides is 1. The van der Waals surface area contributed by atoms with Crippen LogP contribution in [0.2, 0.25) is 5.02 Å². The van der Waals surface area contributed by atoms with E-state index in [2.05, 4.69) is 44.9 Å². The number of anilines is 1. The lowest BCUT2D eigenvalue weighted by atomic mass is 9.88. The molecular weight excluding hydrogens is 482 g/mol. The summed E-state index contributed by atoms with van der Waals surface area (Å²) in [7, 11) is 5.31. The van der Waals surface area contributed by atoms with Crippen LogP contribution in [0.1, 0.15) is 31.9 Å². The van der Waals surface area contributed by atoms with Crippen molar-refractivity contribution >= 4 is 57.5 Å². The highest BCUT2D eigenvalue weighted by molar-refractivity contribution is 8.18. The number of nitrogens with zero attached hydrogens (tertiary/aromatic N) is 3. The van der Waals surface area contributed by atoms with Crippen LogP contribution in [-0.4, -0.2) is 55.9 Å². The van der Waals surface area contributed by atoms with E-state index < -0.39 is 0 Å². The van der Waals surface area contributed by atoms with Gasteiger partial charge in [0.15, 0.2) is 5.17 Å². The average Bonchev–Trinajstić information content (AvgIpc) is 3.11. The van der Waals surface area contributed by atoms with Crippen LogP contribution in [0, 0.1) is 0 Å². The standard InChI is InChI=1S/C27H30ClN3O3S/c1-17-16-27(2,3)30(4)23-15-22(28)18(13-21(17)23)14-24-25(32)31(11-12-33-5)26(35-24)29-19-7-9-20(34-6)10-8-19/h7-10,13-16H,11-12H2,1-6H3/b24-14+,29-26?. The molecule has 35 heavy (non-hydrogen) atoms. The molecule has 2 aromatic carbocycles. The number of carbonyl (C=O) groups excluding carboxylic acids is 1. The van der Waals surface area contributed by atoms with Crippen LogP contribution >= 0.6 is 23.4 Å². The second-order valence-electron chi connectivity index (χ2n) is 9.08. The zero-order chi connectivity index (χ0) is 25.3. The lowest BCUT2D eigenvalue weighted by molar-refractivity contribution is -0.122. The van der Waals surface area contributed by atoms with E-state index in [9.17, 15) is 4.79 Å². The molecule has 184 valence electrons. The van der Waals surface area contributed by atoms with E-state index in [0.29, 0.717) is 28.2 Å². The van der Waals surface area contributed by atoms with Crippen LogP contribution in [-0.2, 0) is 9.53 Å². The number of ether oxygens (including phenoxy) is 2. The number of rotatable bonds is 6. The maximum Gasteiger partial charge on any atom is 0.266 e. The zero-order valence-corrected chi connectivity index (χ0v) is 22.5. The molecule has 2 aliphatic rings. The quantitative estimate of drug-likeness (QED) is 0.430. The van der Waals surface area contributed by atoms with Gasteiger partial charge in [-0.15, -0.1) is 0 Å². The van der Waals surface area contributed by atoms with Gasteiger partial charge < -0.3 is 14.4 Å². The molecule has 0 aromatic heterocycles. The first-order valence-electron chi connectivity index (χ1n) is 11.3. The lowest BCUT2D eigenvalue weighted by Crippen LogP contribution is -2.42. The highest BCUT2D eigenvalue weighted by Gasteiger charge is 2.34. The average molecular weight is 512 g/mol. The summed E-state index contributed by atoms with van der Waals surface area (Å²) in [5.74, 6) is 0.639. The van der Waals surface area contributed by atoms with Crippen LogP contribution in [0.5, 0.6) is 5.75 Å². The van der Waals surface area contributed by atoms with Crippen molar-refractivity contribution in [3.05, 3.63) is 63.5 Å². The molecule has 0 spiro atoms. The third-order valence-electron chi connectivity index (χ3n) is 6.33. The summed E-state index contributed by atoms with van der Waals surface area (Å²) < 4.78 is 10.5. The van der Waals surface area contributed by atoms with Crippen molar-refractivity contribution in [2.75, 3.05) is 39.3 Å². The van der Waals surface area contributed by atoms with Crippen LogP contribution in [0.15, 0.2) is 52.4 Å². The first-order chi connectivity index (χ1) is 16.6. The minimum absolute atomic E-state index is 0.105. The first kappa shape index (κ1) is 25.4. The minimum atomic E-state index is -0.112. The molecule has 2 aromatic rings. The number of hydrogen-bond acceptors (Lipinski definition) is 6. The fraction of sp³-hybridized carbons (Fsp3) is 0.333. The lowest BCUT2D eigenvalue weighted by Gasteiger charge is -2.40. The number of amidine groups is 1. The number of likely N-dealkylation sites (N-methyl/N-ethyl adjacent to an activating group) is 1. The Kier molecular flexibility index (Phi) is 7.31. The van der Waals surface area contributed by atoms with E-state index >= 15 is 0 Å². The van der Waals surface area contributed by atoms with Crippen molar-refractivity contribution in [2.24, 2.45) is 4.99 Å². The Morgan fingerprint density at radius 2 is 1.89 bits per heavy atom. The van der Waals surface area contributed by atoms with E-state index in [1.165, 1.54) is 17.3 Å². The Labute approximate surface area is 216 Å². The van der Waals surface area contributed by atoms with E-state index in [1.807, 2.05) is 36.4 Å². The summed E-state index contributed by atoms with van der Waals surface area (Å²) in [6, 6.07) is 11.5. The Balaban J connectivity index is 1.71. The molecule has 2 aliphatic heterocycles. The van der Waals surface area contributed by atoms with Gasteiger partial charge in [0, 0.05) is 30.4 Å². The number of thioether (sulfide) groups is 1. The Bertz CT molecular complexity index is 1230. The second kappa shape index (κ2) is 10.1. The Morgan fingerprint density at radius 3 is 2.54 bits per heavy atom. The Morgan fingerprint density at radius 1 is 1.17 bits per heavy atom. The van der Waals surface area contributed by atoms with Crippen molar-refractivity contribution in [2.45, 2.75) is 26.3 Å². The summed E-state index contributed by atoms with van der Waals surface area (Å²) in [5, 5.41) is 1.21. The van der Waals surface area contributed by atoms with Crippen LogP contribution in [0.25, 0.3) is 11.6 Å². The van der Waals surface area contributed by atoms with Crippen molar-refractivity contribution in [3.63, 3.8) is 0 Å². The maximum atomic E-state index is 13.3. The minimum Gasteiger partial charge on any atom is -0.497 e. The van der Waals surface area contributed by atoms with Gasteiger partial charge in [0.25, 0.3) is 5.91 Å². The van der Waals surface area contributed by atoms with E-state index in [4.69, 9.17) is 26.1 Å². The van der Waals surface area contributed by atoms with E-state index in [0.717, 1.165) is 28.3 Å². The van der Waals surface area contributed by atoms with Gasteiger partial charge in [0.1, 0.15) is 5.75 Å². The van der Waals surface area contributed by atoms with Gasteiger partial charge in [-0.2, -0.15) is 0 Å². The predicted molar refractivity (Wildman–Crippen MR) is 147 cm³/mol. The van der Waals surface area contributed by atoms with E-state index in [1.54, 1.807) is 19.1 Å². The first-order valence-corrected chi connectivity index (χ1v) is 12.5. The third-order valence-corrected chi connectivity index (χ3v) is 7.66. The summed E-state index contributed by atoms with van der Waals surface area (Å²) in [6.45, 7) is 7.28. The Hall–Kier alpha value is -2.74. The third kappa shape index (κ3) is 5.13. The van der Waals surface area contributed by atoms with Crippen LogP contribution < -0.4 is 9.64 Å². The highest BCUT2D eigenvalue weighted by Crippen LogP contribution is 2.42. The molecule has 0 atom stereocenters. The molecule has 4 rings (SSSR count). The number of hydrogen-bond donors (Lipinski definition) is 0. The number of methoxy groups -OCH3 is 2. The summed E-state index contributed by atoms with van der Waals surface area (Å²) >= 11 is 8.06. The molecule has 1 amide bonds. The molecule has 0 bridgehead atoms. The van der Waals surface area contributed by atoms with Crippen molar-refractivity contribution in [1.82, 2.24) is 4.90 Å². The summed E-state index contributed by atoms with van der Waals surface area (Å²) in [5.41, 5.74) is 4.82. The molecule has 0 saturated carbocycles. The number of halogens is 1. The molecule has 0 radical (unpaired) electrons. The van der Waals surface area contributed by atoms with E-state index in [-0.39, 0.29) is 11.4 Å². The van der Waals surface area contributed by atoms with Crippen molar-refractivity contribution in [1.29, 1.82) is 0 Å². The van der Waals surface area contributed by atoms with Crippen LogP contribution in [0.4, 0.5) is 11.4 Å². The molecular formula is C27H30ClN3O3S. The highest BCUT2D eigenvalue weighted by atomic mass is 35.5. The van der Waals surface area contributed by atoms with Gasteiger partial charge in [-0.05, 0) is 86.1 Å².